The molecular weight excluding hydrogens is 436 g/mol. The highest BCUT2D eigenvalue weighted by Gasteiger charge is 2.30. The first kappa shape index (κ1) is 23.1. The molecule has 2 unspecified atom stereocenters. The zero-order chi connectivity index (χ0) is 22.3. The predicted octanol–water partition coefficient (Wildman–Crippen LogP) is 5.44. The van der Waals surface area contributed by atoms with Gasteiger partial charge < -0.3 is 9.47 Å². The van der Waals surface area contributed by atoms with Gasteiger partial charge in [-0.2, -0.15) is 0 Å². The summed E-state index contributed by atoms with van der Waals surface area (Å²) in [6.45, 7) is 5.89. The first-order valence-electron chi connectivity index (χ1n) is 11.6. The number of carbonyl (C=O) groups excluding carboxylic acids is 1. The van der Waals surface area contributed by atoms with Crippen LogP contribution in [0.1, 0.15) is 55.8 Å². The minimum Gasteiger partial charge on any atom is -0.339 e. The number of hydrogen-bond acceptors (Lipinski definition) is 5. The van der Waals surface area contributed by atoms with Crippen LogP contribution in [-0.2, 0) is 24.2 Å². The topological polar surface area (TPSA) is 51.0 Å². The molecule has 1 aliphatic rings. The predicted molar refractivity (Wildman–Crippen MR) is 132 cm³/mol. The number of aromatic nitrogens is 3. The van der Waals surface area contributed by atoms with Crippen molar-refractivity contribution in [3.63, 3.8) is 0 Å². The van der Waals surface area contributed by atoms with Gasteiger partial charge in [-0.25, -0.2) is 0 Å². The Morgan fingerprint density at radius 2 is 2.03 bits per heavy atom. The van der Waals surface area contributed by atoms with Gasteiger partial charge in [0.15, 0.2) is 5.16 Å². The van der Waals surface area contributed by atoms with Crippen LogP contribution in [0, 0.1) is 0 Å². The van der Waals surface area contributed by atoms with Crippen LogP contribution < -0.4 is 0 Å². The van der Waals surface area contributed by atoms with Crippen molar-refractivity contribution in [1.82, 2.24) is 19.7 Å². The number of aryl methyl sites for hydroxylation is 1. The normalized spacial score (nSPS) is 17.4. The van der Waals surface area contributed by atoms with E-state index in [4.69, 9.17) is 0 Å². The molecule has 0 aliphatic carbocycles. The van der Waals surface area contributed by atoms with Crippen molar-refractivity contribution < 1.29 is 4.79 Å². The number of amides is 1. The number of benzene rings is 1. The largest absolute Gasteiger partial charge is 0.339 e. The highest BCUT2D eigenvalue weighted by atomic mass is 32.2. The Morgan fingerprint density at radius 1 is 1.19 bits per heavy atom. The maximum atomic E-state index is 13.3. The maximum absolute atomic E-state index is 13.3. The lowest BCUT2D eigenvalue weighted by atomic mass is 10.00. The average molecular weight is 469 g/mol. The quantitative estimate of drug-likeness (QED) is 0.392. The van der Waals surface area contributed by atoms with E-state index < -0.39 is 0 Å². The van der Waals surface area contributed by atoms with Crippen LogP contribution in [0.5, 0.6) is 0 Å². The fourth-order valence-electron chi connectivity index (χ4n) is 4.37. The van der Waals surface area contributed by atoms with E-state index >= 15 is 0 Å². The van der Waals surface area contributed by atoms with Crippen LogP contribution in [0.25, 0.3) is 0 Å². The highest BCUT2D eigenvalue weighted by molar-refractivity contribution is 8.00. The van der Waals surface area contributed by atoms with E-state index in [0.29, 0.717) is 6.04 Å². The minimum atomic E-state index is -0.170. The number of rotatable bonds is 9. The summed E-state index contributed by atoms with van der Waals surface area (Å²) in [6.07, 6.45) is 6.17. The average Bonchev–Trinajstić information content (AvgIpc) is 3.48. The second-order valence-electron chi connectivity index (χ2n) is 8.39. The second kappa shape index (κ2) is 11.1. The van der Waals surface area contributed by atoms with Crippen LogP contribution in [0.4, 0.5) is 0 Å². The molecule has 2 atom stereocenters. The third-order valence-electron chi connectivity index (χ3n) is 6.18. The van der Waals surface area contributed by atoms with Gasteiger partial charge in [0.25, 0.3) is 0 Å². The van der Waals surface area contributed by atoms with Crippen LogP contribution in [0.2, 0.25) is 0 Å². The molecule has 5 nitrogen and oxygen atoms in total. The molecule has 1 aromatic carbocycles. The van der Waals surface area contributed by atoms with Gasteiger partial charge in [0, 0.05) is 30.4 Å². The number of thiophene rings is 1. The molecule has 1 amide bonds. The van der Waals surface area contributed by atoms with Gasteiger partial charge in [0.2, 0.25) is 5.91 Å². The van der Waals surface area contributed by atoms with Crippen molar-refractivity contribution in [2.24, 2.45) is 0 Å². The molecule has 0 saturated carbocycles. The van der Waals surface area contributed by atoms with Crippen LogP contribution in [-0.4, -0.2) is 43.4 Å². The van der Waals surface area contributed by atoms with Crippen LogP contribution >= 0.6 is 23.1 Å². The molecule has 1 fully saturated rings. The Bertz CT molecular complexity index is 987. The van der Waals surface area contributed by atoms with E-state index in [1.807, 2.05) is 13.0 Å². The van der Waals surface area contributed by atoms with Gasteiger partial charge in [-0.05, 0) is 56.0 Å². The molecule has 170 valence electrons. The van der Waals surface area contributed by atoms with Crippen molar-refractivity contribution >= 4 is 29.0 Å². The fourth-order valence-corrected chi connectivity index (χ4v) is 6.04. The SMILES string of the molecule is CCC1CCCCN1C(=O)C(C)Sc1nnc(Cc2cccs2)n1CCc1ccccc1. The van der Waals surface area contributed by atoms with Crippen molar-refractivity contribution in [3.05, 3.63) is 64.1 Å². The summed E-state index contributed by atoms with van der Waals surface area (Å²) in [6, 6.07) is 15.1. The minimum absolute atomic E-state index is 0.170. The molecule has 32 heavy (non-hydrogen) atoms. The zero-order valence-electron chi connectivity index (χ0n) is 18.9. The summed E-state index contributed by atoms with van der Waals surface area (Å²) >= 11 is 3.30. The third kappa shape index (κ3) is 5.62. The van der Waals surface area contributed by atoms with E-state index in [0.717, 1.165) is 56.2 Å². The fraction of sp³-hybridized carbons (Fsp3) is 0.480. The Hall–Kier alpha value is -2.12. The van der Waals surface area contributed by atoms with Crippen molar-refractivity contribution in [2.45, 2.75) is 75.4 Å². The van der Waals surface area contributed by atoms with E-state index in [2.05, 4.69) is 68.4 Å². The zero-order valence-corrected chi connectivity index (χ0v) is 20.6. The first-order chi connectivity index (χ1) is 15.7. The number of nitrogens with zero attached hydrogens (tertiary/aromatic N) is 4. The van der Waals surface area contributed by atoms with E-state index in [-0.39, 0.29) is 11.2 Å². The Morgan fingerprint density at radius 3 is 2.78 bits per heavy atom. The summed E-state index contributed by atoms with van der Waals surface area (Å²) in [7, 11) is 0. The van der Waals surface area contributed by atoms with Gasteiger partial charge in [-0.3, -0.25) is 4.79 Å². The molecule has 3 aromatic rings. The van der Waals surface area contributed by atoms with Crippen LogP contribution in [0.3, 0.4) is 0 Å². The summed E-state index contributed by atoms with van der Waals surface area (Å²) in [5.74, 6) is 1.20. The second-order valence-corrected chi connectivity index (χ2v) is 10.7. The number of thioether (sulfide) groups is 1. The number of carbonyl (C=O) groups is 1. The van der Waals surface area contributed by atoms with Gasteiger partial charge in [0.05, 0.1) is 5.25 Å². The molecule has 0 radical (unpaired) electrons. The van der Waals surface area contributed by atoms with E-state index in [1.165, 1.54) is 16.9 Å². The molecule has 0 bridgehead atoms. The molecule has 0 spiro atoms. The Kier molecular flexibility index (Phi) is 8.03. The van der Waals surface area contributed by atoms with Gasteiger partial charge in [-0.15, -0.1) is 21.5 Å². The van der Waals surface area contributed by atoms with Crippen molar-refractivity contribution in [2.75, 3.05) is 6.54 Å². The lowest BCUT2D eigenvalue weighted by Gasteiger charge is -2.36. The molecule has 3 heterocycles. The molecule has 4 rings (SSSR count). The molecule has 1 saturated heterocycles. The third-order valence-corrected chi connectivity index (χ3v) is 8.13. The molecule has 1 aliphatic heterocycles. The summed E-state index contributed by atoms with van der Waals surface area (Å²) < 4.78 is 2.22. The maximum Gasteiger partial charge on any atom is 0.236 e. The number of likely N-dealkylation sites (tertiary alicyclic amines) is 1. The van der Waals surface area contributed by atoms with Crippen molar-refractivity contribution in [1.29, 1.82) is 0 Å². The van der Waals surface area contributed by atoms with Crippen molar-refractivity contribution in [3.8, 4) is 0 Å². The van der Waals surface area contributed by atoms with Gasteiger partial charge in [0.1, 0.15) is 5.82 Å². The number of piperidine rings is 1. The summed E-state index contributed by atoms with van der Waals surface area (Å²) in [5.41, 5.74) is 1.29. The van der Waals surface area contributed by atoms with Gasteiger partial charge in [-0.1, -0.05) is 55.1 Å². The highest BCUT2D eigenvalue weighted by Crippen LogP contribution is 2.28. The Labute approximate surface area is 199 Å². The summed E-state index contributed by atoms with van der Waals surface area (Å²) in [5, 5.41) is 11.8. The lowest BCUT2D eigenvalue weighted by Crippen LogP contribution is -2.46. The van der Waals surface area contributed by atoms with E-state index in [9.17, 15) is 4.79 Å². The standard InChI is InChI=1S/C25H32N4OS2/c1-3-21-12-7-8-15-28(21)24(30)19(2)32-25-27-26-23(18-22-13-9-17-31-22)29(25)16-14-20-10-5-4-6-11-20/h4-6,9-11,13,17,19,21H,3,7-8,12,14-16,18H2,1-2H3. The smallest absolute Gasteiger partial charge is 0.236 e. The monoisotopic (exact) mass is 468 g/mol. The van der Waals surface area contributed by atoms with E-state index in [1.54, 1.807) is 23.1 Å². The van der Waals surface area contributed by atoms with Crippen LogP contribution in [0.15, 0.2) is 53.0 Å². The molecular formula is C25H32N4OS2. The molecule has 0 N–H and O–H groups in total. The first-order valence-corrected chi connectivity index (χ1v) is 13.4. The van der Waals surface area contributed by atoms with Gasteiger partial charge >= 0.3 is 0 Å². The molecule has 2 aromatic heterocycles. The molecule has 7 heteroatoms. The Balaban J connectivity index is 1.51. The number of hydrogen-bond donors (Lipinski definition) is 0. The summed E-state index contributed by atoms with van der Waals surface area (Å²) in [4.78, 5) is 16.7. The lowest BCUT2D eigenvalue weighted by molar-refractivity contribution is -0.134.